The van der Waals surface area contributed by atoms with E-state index in [9.17, 15) is 19.5 Å². The van der Waals surface area contributed by atoms with E-state index in [0.717, 1.165) is 15.8 Å². The summed E-state index contributed by atoms with van der Waals surface area (Å²) in [6.45, 7) is 0. The Morgan fingerprint density at radius 1 is 1.00 bits per heavy atom. The van der Waals surface area contributed by atoms with Gasteiger partial charge in [0.25, 0.3) is 0 Å². The number of fused-ring (bicyclic) bond motifs is 2. The number of aromatic amines is 1. The Morgan fingerprint density at radius 2 is 1.72 bits per heavy atom. The summed E-state index contributed by atoms with van der Waals surface area (Å²) in [5, 5.41) is 10.4. The molecule has 0 saturated carbocycles. The average Bonchev–Trinajstić information content (AvgIpc) is 3.19. The maximum atomic E-state index is 13.5. The maximum Gasteiger partial charge on any atom is 0.305 e. The maximum absolute atomic E-state index is 13.5. The first-order chi connectivity index (χ1) is 14.0. The molecule has 1 fully saturated rings. The van der Waals surface area contributed by atoms with E-state index in [1.54, 1.807) is 48.5 Å². The van der Waals surface area contributed by atoms with Crippen LogP contribution in [0.5, 0.6) is 5.75 Å². The van der Waals surface area contributed by atoms with Gasteiger partial charge in [-0.15, -0.1) is 0 Å². The van der Waals surface area contributed by atoms with E-state index < -0.39 is 17.1 Å². The van der Waals surface area contributed by atoms with Crippen molar-refractivity contribution >= 4 is 56.5 Å². The molecule has 5 rings (SSSR count). The number of rotatable bonds is 2. The Hall–Kier alpha value is -2.36. The number of para-hydroxylation sites is 1. The van der Waals surface area contributed by atoms with E-state index in [-0.39, 0.29) is 22.4 Å². The summed E-state index contributed by atoms with van der Waals surface area (Å²) in [6.07, 6.45) is 0. The lowest BCUT2D eigenvalue weighted by Gasteiger charge is -2.30. The zero-order valence-corrected chi connectivity index (χ0v) is 17.9. The third kappa shape index (κ3) is 2.87. The molecule has 3 atom stereocenters. The smallest absolute Gasteiger partial charge is 0.305 e. The van der Waals surface area contributed by atoms with Crippen LogP contribution in [0, 0.1) is 5.92 Å². The summed E-state index contributed by atoms with van der Waals surface area (Å²) < 4.78 is 0.846. The highest BCUT2D eigenvalue weighted by Gasteiger charge is 2.56. The quantitative estimate of drug-likeness (QED) is 0.536. The van der Waals surface area contributed by atoms with Crippen molar-refractivity contribution in [3.63, 3.8) is 0 Å². The number of thiazole rings is 1. The van der Waals surface area contributed by atoms with Gasteiger partial charge in [-0.05, 0) is 30.3 Å². The second-order valence-electron chi connectivity index (χ2n) is 6.80. The summed E-state index contributed by atoms with van der Waals surface area (Å²) in [4.78, 5) is 43.2. The van der Waals surface area contributed by atoms with Gasteiger partial charge in [-0.1, -0.05) is 57.2 Å². The highest BCUT2D eigenvalue weighted by atomic mass is 79.9. The molecule has 2 aliphatic rings. The predicted octanol–water partition coefficient (Wildman–Crippen LogP) is 3.70. The number of carbonyl (C=O) groups excluding carboxylic acids is 2. The molecule has 2 N–H and O–H groups in total. The van der Waals surface area contributed by atoms with Gasteiger partial charge in [-0.25, -0.2) is 4.90 Å². The third-order valence-electron chi connectivity index (χ3n) is 5.18. The minimum absolute atomic E-state index is 0.0392. The summed E-state index contributed by atoms with van der Waals surface area (Å²) in [7, 11) is 0. The largest absolute Gasteiger partial charge is 0.508 e. The van der Waals surface area contributed by atoms with Crippen LogP contribution >= 0.6 is 39.0 Å². The van der Waals surface area contributed by atoms with Crippen LogP contribution in [0.15, 0.2) is 62.8 Å². The Kier molecular flexibility index (Phi) is 4.41. The lowest BCUT2D eigenvalue weighted by Crippen LogP contribution is -2.32. The van der Waals surface area contributed by atoms with Gasteiger partial charge in [0.1, 0.15) is 11.0 Å². The number of carbonyl (C=O) groups is 2. The van der Waals surface area contributed by atoms with Crippen LogP contribution in [-0.2, 0) is 9.59 Å². The van der Waals surface area contributed by atoms with Crippen LogP contribution in [0.3, 0.4) is 0 Å². The number of hydrogen-bond acceptors (Lipinski definition) is 6. The monoisotopic (exact) mass is 488 g/mol. The number of thioether (sulfide) groups is 1. The number of aromatic hydroxyl groups is 1. The minimum Gasteiger partial charge on any atom is -0.508 e. The van der Waals surface area contributed by atoms with Crippen molar-refractivity contribution < 1.29 is 14.7 Å². The molecule has 0 bridgehead atoms. The third-order valence-corrected chi connectivity index (χ3v) is 8.11. The minimum atomic E-state index is -0.705. The van der Waals surface area contributed by atoms with Crippen molar-refractivity contribution in [1.82, 2.24) is 4.98 Å². The zero-order valence-electron chi connectivity index (χ0n) is 14.7. The number of imide groups is 1. The van der Waals surface area contributed by atoms with Gasteiger partial charge in [-0.2, -0.15) is 0 Å². The Morgan fingerprint density at radius 3 is 2.45 bits per heavy atom. The van der Waals surface area contributed by atoms with E-state index in [1.165, 1.54) is 16.7 Å². The second kappa shape index (κ2) is 6.86. The molecule has 6 nitrogen and oxygen atoms in total. The van der Waals surface area contributed by atoms with Gasteiger partial charge >= 0.3 is 4.87 Å². The van der Waals surface area contributed by atoms with Crippen LogP contribution in [-0.4, -0.2) is 27.2 Å². The van der Waals surface area contributed by atoms with Gasteiger partial charge in [0.05, 0.1) is 16.6 Å². The number of amides is 2. The molecule has 3 unspecified atom stereocenters. The van der Waals surface area contributed by atoms with Crippen LogP contribution in [0.1, 0.15) is 16.4 Å². The van der Waals surface area contributed by atoms with Crippen molar-refractivity contribution in [2.45, 2.75) is 16.2 Å². The normalized spacial score (nSPS) is 23.2. The van der Waals surface area contributed by atoms with Crippen LogP contribution in [0.4, 0.5) is 5.69 Å². The second-order valence-corrected chi connectivity index (χ2v) is 9.88. The van der Waals surface area contributed by atoms with E-state index in [4.69, 9.17) is 0 Å². The fourth-order valence-electron chi connectivity index (χ4n) is 3.95. The molecule has 2 aromatic carbocycles. The number of anilines is 1. The summed E-state index contributed by atoms with van der Waals surface area (Å²) in [5.74, 6) is -1.88. The molecule has 9 heteroatoms. The molecule has 146 valence electrons. The van der Waals surface area contributed by atoms with E-state index in [2.05, 4.69) is 20.9 Å². The molecule has 29 heavy (non-hydrogen) atoms. The van der Waals surface area contributed by atoms with Crippen molar-refractivity contribution in [2.24, 2.45) is 5.92 Å². The lowest BCUT2D eigenvalue weighted by atomic mass is 9.82. The standard InChI is InChI=1S/C20H13BrN2O4S2/c21-9-5-7-10(8-6-9)23-18(25)14-13(11-3-1-2-4-12(11)24)15-17(22-20(27)29-15)28-16(14)19(23)26/h1-8,13-14,16,24H,(H,22,27). The predicted molar refractivity (Wildman–Crippen MR) is 115 cm³/mol. The van der Waals surface area contributed by atoms with Crippen molar-refractivity contribution in [1.29, 1.82) is 0 Å². The van der Waals surface area contributed by atoms with Gasteiger partial charge in [-0.3, -0.25) is 14.4 Å². The first kappa shape index (κ1) is 18.7. The fraction of sp³-hybridized carbons (Fsp3) is 0.150. The molecule has 2 aliphatic heterocycles. The molecule has 1 aromatic heterocycles. The molecule has 2 amide bonds. The molecular weight excluding hydrogens is 476 g/mol. The number of aromatic nitrogens is 1. The number of benzene rings is 2. The van der Waals surface area contributed by atoms with E-state index in [1.807, 2.05) is 0 Å². The first-order valence-electron chi connectivity index (χ1n) is 8.76. The van der Waals surface area contributed by atoms with Crippen LogP contribution in [0.25, 0.3) is 0 Å². The highest BCUT2D eigenvalue weighted by Crippen LogP contribution is 2.54. The van der Waals surface area contributed by atoms with Crippen LogP contribution < -0.4 is 9.77 Å². The molecule has 1 saturated heterocycles. The molecular formula is C20H13BrN2O4S2. The van der Waals surface area contributed by atoms with E-state index in [0.29, 0.717) is 21.2 Å². The highest BCUT2D eigenvalue weighted by molar-refractivity contribution is 9.10. The summed E-state index contributed by atoms with van der Waals surface area (Å²) in [6, 6.07) is 13.7. The van der Waals surface area contributed by atoms with Gasteiger partial charge < -0.3 is 10.1 Å². The number of hydrogen-bond donors (Lipinski definition) is 2. The Labute approximate surface area is 181 Å². The number of phenols is 1. The van der Waals surface area contributed by atoms with Crippen LogP contribution in [0.2, 0.25) is 0 Å². The Balaban J connectivity index is 1.67. The average molecular weight is 489 g/mol. The number of nitrogens with zero attached hydrogens (tertiary/aromatic N) is 1. The van der Waals surface area contributed by atoms with Crippen molar-refractivity contribution in [3.05, 3.63) is 73.1 Å². The number of phenolic OH excluding ortho intramolecular Hbond substituents is 1. The zero-order chi connectivity index (χ0) is 20.3. The van der Waals surface area contributed by atoms with Gasteiger partial charge in [0.15, 0.2) is 0 Å². The number of halogens is 1. The number of nitrogens with one attached hydrogen (secondary N) is 1. The van der Waals surface area contributed by atoms with Crippen molar-refractivity contribution in [2.75, 3.05) is 4.90 Å². The summed E-state index contributed by atoms with van der Waals surface area (Å²) >= 11 is 5.60. The molecule has 0 radical (unpaired) electrons. The molecule has 0 aliphatic carbocycles. The lowest BCUT2D eigenvalue weighted by molar-refractivity contribution is -0.122. The molecule has 3 heterocycles. The molecule has 0 spiro atoms. The van der Waals surface area contributed by atoms with E-state index >= 15 is 0 Å². The number of H-pyrrole nitrogens is 1. The SMILES string of the molecule is O=C1C2Sc3[nH]c(=O)sc3C(c3ccccc3O)C2C(=O)N1c1ccc(Br)cc1. The Bertz CT molecular complexity index is 1200. The summed E-state index contributed by atoms with van der Waals surface area (Å²) in [5.41, 5.74) is 1.05. The fourth-order valence-corrected chi connectivity index (χ4v) is 6.72. The topological polar surface area (TPSA) is 90.5 Å². The molecule has 3 aromatic rings. The van der Waals surface area contributed by atoms with Gasteiger partial charge in [0, 0.05) is 20.8 Å². The first-order valence-corrected chi connectivity index (χ1v) is 11.3. The van der Waals surface area contributed by atoms with Crippen molar-refractivity contribution in [3.8, 4) is 5.75 Å². The van der Waals surface area contributed by atoms with Gasteiger partial charge in [0.2, 0.25) is 11.8 Å².